The Morgan fingerprint density at radius 2 is 1.09 bits per heavy atom. The van der Waals surface area contributed by atoms with Gasteiger partial charge in [0.25, 0.3) is 16.6 Å². The van der Waals surface area contributed by atoms with Crippen molar-refractivity contribution in [1.82, 2.24) is 19.9 Å². The van der Waals surface area contributed by atoms with E-state index in [0.717, 1.165) is 75.0 Å². The van der Waals surface area contributed by atoms with Crippen LogP contribution in [0.5, 0.6) is 11.5 Å². The van der Waals surface area contributed by atoms with E-state index in [-0.39, 0.29) is 29.8 Å². The summed E-state index contributed by atoms with van der Waals surface area (Å²) in [4.78, 5) is 44.6. The fourth-order valence-electron chi connectivity index (χ4n) is 6.41. The maximum Gasteiger partial charge on any atom is 0.303 e. The van der Waals surface area contributed by atoms with Gasteiger partial charge >= 0.3 is 5.97 Å². The van der Waals surface area contributed by atoms with Crippen LogP contribution in [0.15, 0.2) is 73.3 Å². The molecule has 352 valence electrons. The molecule has 0 bridgehead atoms. The number of anilines is 4. The van der Waals surface area contributed by atoms with Crippen LogP contribution in [0.4, 0.5) is 23.3 Å². The highest BCUT2D eigenvalue weighted by molar-refractivity contribution is 6.75. The van der Waals surface area contributed by atoms with Crippen molar-refractivity contribution in [3.05, 3.63) is 83.4 Å². The largest absolute Gasteiger partial charge is 0.542 e. The zero-order valence-electron chi connectivity index (χ0n) is 38.8. The molecule has 13 nitrogen and oxygen atoms in total. The van der Waals surface area contributed by atoms with Crippen molar-refractivity contribution in [3.8, 4) is 11.5 Å². The number of rotatable bonds is 11. The van der Waals surface area contributed by atoms with E-state index in [9.17, 15) is 9.59 Å². The highest BCUT2D eigenvalue weighted by Crippen LogP contribution is 2.38. The molecule has 0 radical (unpaired) electrons. The van der Waals surface area contributed by atoms with Gasteiger partial charge in [0.05, 0.1) is 22.4 Å². The molecule has 0 saturated carbocycles. The summed E-state index contributed by atoms with van der Waals surface area (Å²) in [6.07, 6.45) is 11.2. The minimum Gasteiger partial charge on any atom is -0.542 e. The van der Waals surface area contributed by atoms with Crippen molar-refractivity contribution in [3.63, 3.8) is 0 Å². The van der Waals surface area contributed by atoms with E-state index >= 15 is 0 Å². The lowest BCUT2D eigenvalue weighted by Crippen LogP contribution is -2.43. The Hall–Kier alpha value is -4.45. The first kappa shape index (κ1) is 53.9. The molecule has 2 aliphatic heterocycles. The number of piperidine rings is 2. The molecule has 2 saturated heterocycles. The number of carbonyl (C=O) groups is 2. The number of nitrogens with one attached hydrogen (secondary N) is 1. The van der Waals surface area contributed by atoms with Gasteiger partial charge < -0.3 is 34.8 Å². The SMILES string of the molecule is C.CC(C)(C)[Si](C)(C)Oc1ccc(N)nc1.CC(C)(C)[Si](C)(C)Oc1ccc(NC(=O)CC2CCN(c3ccc(Cl)cn3)CC2)nc1.O=C(O)CC1CCN(c2ccc(Cl)cn2)CC1. The molecule has 4 N–H and O–H groups in total. The van der Waals surface area contributed by atoms with E-state index in [1.807, 2.05) is 42.5 Å². The van der Waals surface area contributed by atoms with E-state index in [1.54, 1.807) is 30.9 Å². The summed E-state index contributed by atoms with van der Waals surface area (Å²) < 4.78 is 12.3. The molecule has 2 fully saturated rings. The number of hydrogen-bond acceptors (Lipinski definition) is 11. The Balaban J connectivity index is 0.000000279. The fourth-order valence-corrected chi connectivity index (χ4v) is 8.66. The average molecular weight is 956 g/mol. The van der Waals surface area contributed by atoms with Crippen molar-refractivity contribution in [2.24, 2.45) is 11.8 Å². The Kier molecular flexibility index (Phi) is 19.9. The third kappa shape index (κ3) is 17.2. The molecule has 4 aromatic rings. The van der Waals surface area contributed by atoms with Gasteiger partial charge in [0.2, 0.25) is 5.91 Å². The molecule has 0 aromatic carbocycles. The van der Waals surface area contributed by atoms with Crippen molar-refractivity contribution in [2.45, 2.75) is 124 Å². The van der Waals surface area contributed by atoms with Gasteiger partial charge in [-0.05, 0) is 122 Å². The number of nitrogens with zero attached hydrogens (tertiary/aromatic N) is 6. The molecule has 2 aliphatic rings. The van der Waals surface area contributed by atoms with Crippen molar-refractivity contribution >= 4 is 75.0 Å². The molecule has 0 aliphatic carbocycles. The second-order valence-electron chi connectivity index (χ2n) is 19.4. The summed E-state index contributed by atoms with van der Waals surface area (Å²) >= 11 is 11.7. The number of nitrogen functional groups attached to an aromatic ring is 1. The number of halogens is 2. The number of carbonyl (C=O) groups excluding carboxylic acids is 1. The normalized spacial score (nSPS) is 15.1. The van der Waals surface area contributed by atoms with Gasteiger partial charge in [0.1, 0.15) is 34.8 Å². The molecule has 0 unspecified atom stereocenters. The summed E-state index contributed by atoms with van der Waals surface area (Å²) in [5, 5.41) is 13.3. The Labute approximate surface area is 394 Å². The Bertz CT molecular complexity index is 2030. The minimum absolute atomic E-state index is 0. The zero-order chi connectivity index (χ0) is 46.6. The van der Waals surface area contributed by atoms with Crippen LogP contribution in [-0.2, 0) is 9.59 Å². The van der Waals surface area contributed by atoms with E-state index < -0.39 is 22.6 Å². The predicted octanol–water partition coefficient (Wildman–Crippen LogP) is 11.9. The van der Waals surface area contributed by atoms with Crippen LogP contribution in [-0.4, -0.2) is 79.7 Å². The number of carboxylic acids is 1. The number of carboxylic acid groups (broad SMARTS) is 1. The maximum atomic E-state index is 12.5. The van der Waals surface area contributed by atoms with E-state index in [0.29, 0.717) is 39.9 Å². The number of aromatic nitrogens is 4. The first-order chi connectivity index (χ1) is 29.4. The number of pyridine rings is 4. The topological polar surface area (TPSA) is 169 Å². The molecule has 64 heavy (non-hydrogen) atoms. The summed E-state index contributed by atoms with van der Waals surface area (Å²) in [5.74, 6) is 4.50. The van der Waals surface area contributed by atoms with Gasteiger partial charge in [0.15, 0.2) is 0 Å². The van der Waals surface area contributed by atoms with Crippen LogP contribution < -0.4 is 29.7 Å². The zero-order valence-corrected chi connectivity index (χ0v) is 42.3. The molecule has 4 aromatic heterocycles. The summed E-state index contributed by atoms with van der Waals surface area (Å²) in [6, 6.07) is 14.9. The van der Waals surface area contributed by atoms with Crippen LogP contribution in [0, 0.1) is 11.8 Å². The number of aliphatic carboxylic acids is 1. The fraction of sp³-hybridized carbons (Fsp3) is 0.532. The van der Waals surface area contributed by atoms with Crippen LogP contribution in [0.1, 0.15) is 87.5 Å². The smallest absolute Gasteiger partial charge is 0.303 e. The van der Waals surface area contributed by atoms with Gasteiger partial charge in [-0.25, -0.2) is 19.9 Å². The van der Waals surface area contributed by atoms with Crippen molar-refractivity contribution in [2.75, 3.05) is 47.0 Å². The van der Waals surface area contributed by atoms with Crippen LogP contribution >= 0.6 is 23.2 Å². The maximum absolute atomic E-state index is 12.5. The molecule has 0 atom stereocenters. The molecular weight excluding hydrogens is 884 g/mol. The standard InChI is InChI=1S/C23H33ClN4O2Si.C12H15ClN2O2.C11H20N2OSi.CH4/c1-23(2,3)31(4,5)30-19-7-8-20(25-16-19)27-22(29)14-17-10-12-28(13-11-17)21-9-6-18(24)15-26-21;13-10-1-2-11(14-8-10)15-5-3-9(4-6-15)7-12(16)17;1-11(2,3)15(4,5)14-9-6-7-10(12)13-8-9;/h6-9,15-17H,10-14H2,1-5H3,(H,25,27,29);1-2,8-9H,3-7H2,(H,16,17);6-8H,1-5H3,(H2,12,13);1H4. The first-order valence-corrected chi connectivity index (χ1v) is 28.3. The lowest BCUT2D eigenvalue weighted by Gasteiger charge is -2.36. The van der Waals surface area contributed by atoms with Crippen LogP contribution in [0.25, 0.3) is 0 Å². The average Bonchev–Trinajstić information content (AvgIpc) is 3.20. The lowest BCUT2D eigenvalue weighted by atomic mass is 9.93. The minimum atomic E-state index is -1.90. The van der Waals surface area contributed by atoms with Crippen molar-refractivity contribution in [1.29, 1.82) is 0 Å². The van der Waals surface area contributed by atoms with E-state index in [1.165, 1.54) is 0 Å². The molecule has 6 rings (SSSR count). The lowest BCUT2D eigenvalue weighted by molar-refractivity contribution is -0.138. The molecule has 1 amide bonds. The monoisotopic (exact) mass is 954 g/mol. The van der Waals surface area contributed by atoms with Gasteiger partial charge in [-0.1, -0.05) is 72.2 Å². The Morgan fingerprint density at radius 3 is 1.44 bits per heavy atom. The summed E-state index contributed by atoms with van der Waals surface area (Å²) in [6.45, 7) is 25.6. The predicted molar refractivity (Wildman–Crippen MR) is 269 cm³/mol. The summed E-state index contributed by atoms with van der Waals surface area (Å²) in [7, 11) is -3.64. The van der Waals surface area contributed by atoms with Crippen molar-refractivity contribution < 1.29 is 23.5 Å². The van der Waals surface area contributed by atoms with E-state index in [4.69, 9.17) is 42.9 Å². The number of hydrogen-bond donors (Lipinski definition) is 3. The van der Waals surface area contributed by atoms with Gasteiger partial charge in [-0.2, -0.15) is 0 Å². The van der Waals surface area contributed by atoms with E-state index in [2.05, 4.69) is 103 Å². The van der Waals surface area contributed by atoms with Crippen LogP contribution in [0.3, 0.4) is 0 Å². The Morgan fingerprint density at radius 1 is 0.672 bits per heavy atom. The third-order valence-corrected chi connectivity index (χ3v) is 21.5. The van der Waals surface area contributed by atoms with Gasteiger partial charge in [-0.15, -0.1) is 0 Å². The molecule has 0 spiro atoms. The summed E-state index contributed by atoms with van der Waals surface area (Å²) in [5.41, 5.74) is 5.52. The second kappa shape index (κ2) is 23.7. The third-order valence-electron chi connectivity index (χ3n) is 12.4. The first-order valence-electron chi connectivity index (χ1n) is 21.7. The van der Waals surface area contributed by atoms with Gasteiger partial charge in [0, 0.05) is 51.4 Å². The highest BCUT2D eigenvalue weighted by atomic mass is 35.5. The molecule has 17 heteroatoms. The molecular formula is C47H72Cl2N8O5Si2. The van der Waals surface area contributed by atoms with Crippen LogP contribution in [0.2, 0.25) is 46.3 Å². The highest BCUT2D eigenvalue weighted by Gasteiger charge is 2.40. The number of nitrogens with two attached hydrogens (primary N) is 1. The number of amides is 1. The molecule has 6 heterocycles. The van der Waals surface area contributed by atoms with Gasteiger partial charge in [-0.3, -0.25) is 9.59 Å². The second-order valence-corrected chi connectivity index (χ2v) is 29.7. The quantitative estimate of drug-likeness (QED) is 0.122.